The van der Waals surface area contributed by atoms with E-state index in [-0.39, 0.29) is 11.8 Å². The summed E-state index contributed by atoms with van der Waals surface area (Å²) in [5.74, 6) is 1.19. The number of hydrogen-bond donors (Lipinski definition) is 0. The molecule has 1 aliphatic heterocycles. The van der Waals surface area contributed by atoms with Gasteiger partial charge in [-0.3, -0.25) is 14.8 Å². The molecule has 0 aliphatic carbocycles. The number of amides is 1. The number of carbonyl (C=O) groups excluding carboxylic acids is 1. The van der Waals surface area contributed by atoms with Crippen LogP contribution in [0.3, 0.4) is 0 Å². The molecule has 0 unspecified atom stereocenters. The predicted octanol–water partition coefficient (Wildman–Crippen LogP) is 2.44. The first-order chi connectivity index (χ1) is 13.2. The zero-order valence-electron chi connectivity index (χ0n) is 15.3. The molecule has 0 N–H and O–H groups in total. The minimum atomic E-state index is -0.0561. The second kappa shape index (κ2) is 7.65. The molecule has 3 aromatic heterocycles. The van der Waals surface area contributed by atoms with Crippen molar-refractivity contribution in [3.05, 3.63) is 72.1 Å². The van der Waals surface area contributed by atoms with Gasteiger partial charge in [-0.15, -0.1) is 0 Å². The van der Waals surface area contributed by atoms with Gasteiger partial charge < -0.3 is 9.47 Å². The normalized spacial score (nSPS) is 17.1. The van der Waals surface area contributed by atoms with E-state index in [1.54, 1.807) is 24.8 Å². The number of rotatable bonds is 4. The van der Waals surface area contributed by atoms with Crippen molar-refractivity contribution in [1.29, 1.82) is 0 Å². The largest absolute Gasteiger partial charge is 0.337 e. The topological polar surface area (TPSA) is 76.8 Å². The summed E-state index contributed by atoms with van der Waals surface area (Å²) in [6.45, 7) is 4.02. The van der Waals surface area contributed by atoms with Gasteiger partial charge in [0.05, 0.1) is 11.9 Å². The zero-order valence-corrected chi connectivity index (χ0v) is 15.3. The van der Waals surface area contributed by atoms with Gasteiger partial charge in [0.25, 0.3) is 5.91 Å². The van der Waals surface area contributed by atoms with E-state index < -0.39 is 0 Å². The number of aryl methyl sites for hydroxylation is 1. The maximum atomic E-state index is 12.8. The SMILES string of the molecule is Cc1cnc(C(=O)N2CCC[C@@H](c3nccn3Cc3ccncc3)C2)cn1. The number of aromatic nitrogens is 5. The van der Waals surface area contributed by atoms with Crippen LogP contribution >= 0.6 is 0 Å². The lowest BCUT2D eigenvalue weighted by atomic mass is 9.96. The molecular formula is C20H22N6O. The van der Waals surface area contributed by atoms with Crippen molar-refractivity contribution in [2.24, 2.45) is 0 Å². The van der Waals surface area contributed by atoms with Crippen LogP contribution in [-0.4, -0.2) is 48.4 Å². The number of nitrogens with zero attached hydrogens (tertiary/aromatic N) is 6. The van der Waals surface area contributed by atoms with Crippen LogP contribution in [0.5, 0.6) is 0 Å². The molecule has 1 atom stereocenters. The molecule has 0 aromatic carbocycles. The van der Waals surface area contributed by atoms with E-state index in [1.807, 2.05) is 36.4 Å². The van der Waals surface area contributed by atoms with Crippen molar-refractivity contribution >= 4 is 5.91 Å². The smallest absolute Gasteiger partial charge is 0.274 e. The first-order valence-corrected chi connectivity index (χ1v) is 9.18. The summed E-state index contributed by atoms with van der Waals surface area (Å²) < 4.78 is 2.17. The highest BCUT2D eigenvalue weighted by molar-refractivity contribution is 5.92. The molecule has 138 valence electrons. The monoisotopic (exact) mass is 362 g/mol. The number of hydrogen-bond acceptors (Lipinski definition) is 5. The Morgan fingerprint density at radius 2 is 2.00 bits per heavy atom. The van der Waals surface area contributed by atoms with E-state index in [0.29, 0.717) is 12.2 Å². The van der Waals surface area contributed by atoms with Gasteiger partial charge in [-0.05, 0) is 37.5 Å². The van der Waals surface area contributed by atoms with Crippen molar-refractivity contribution in [2.45, 2.75) is 32.2 Å². The van der Waals surface area contributed by atoms with E-state index in [2.05, 4.69) is 24.5 Å². The zero-order chi connectivity index (χ0) is 18.6. The molecule has 1 amide bonds. The number of carbonyl (C=O) groups is 1. The summed E-state index contributed by atoms with van der Waals surface area (Å²) in [5.41, 5.74) is 2.39. The average Bonchev–Trinajstić information content (AvgIpc) is 3.17. The highest BCUT2D eigenvalue weighted by atomic mass is 16.2. The second-order valence-corrected chi connectivity index (χ2v) is 6.90. The molecule has 1 saturated heterocycles. The minimum Gasteiger partial charge on any atom is -0.337 e. The summed E-state index contributed by atoms with van der Waals surface area (Å²) in [6.07, 6.45) is 12.6. The van der Waals surface area contributed by atoms with Gasteiger partial charge in [0, 0.05) is 56.5 Å². The molecule has 4 rings (SSSR count). The van der Waals surface area contributed by atoms with Gasteiger partial charge in [0.1, 0.15) is 11.5 Å². The van der Waals surface area contributed by atoms with Gasteiger partial charge in [-0.1, -0.05) is 0 Å². The fraction of sp³-hybridized carbons (Fsp3) is 0.350. The number of piperidine rings is 1. The van der Waals surface area contributed by atoms with Crippen molar-refractivity contribution in [1.82, 2.24) is 29.4 Å². The van der Waals surface area contributed by atoms with E-state index in [4.69, 9.17) is 0 Å². The van der Waals surface area contributed by atoms with Crippen LogP contribution in [0.25, 0.3) is 0 Å². The Kier molecular flexibility index (Phi) is 4.91. The molecule has 7 heteroatoms. The Morgan fingerprint density at radius 3 is 2.78 bits per heavy atom. The number of likely N-dealkylation sites (tertiary alicyclic amines) is 1. The van der Waals surface area contributed by atoms with Crippen molar-refractivity contribution in [3.8, 4) is 0 Å². The van der Waals surface area contributed by atoms with Crippen LogP contribution in [0.4, 0.5) is 0 Å². The summed E-state index contributed by atoms with van der Waals surface area (Å²) in [4.78, 5) is 31.8. The minimum absolute atomic E-state index is 0.0561. The Bertz CT molecular complexity index is 906. The highest BCUT2D eigenvalue weighted by Gasteiger charge is 2.28. The van der Waals surface area contributed by atoms with Crippen LogP contribution in [0.2, 0.25) is 0 Å². The molecule has 0 bridgehead atoms. The number of pyridine rings is 1. The Balaban J connectivity index is 1.50. The van der Waals surface area contributed by atoms with Gasteiger partial charge in [-0.2, -0.15) is 0 Å². The molecule has 1 aliphatic rings. The van der Waals surface area contributed by atoms with E-state index in [1.165, 1.54) is 5.56 Å². The molecule has 7 nitrogen and oxygen atoms in total. The van der Waals surface area contributed by atoms with Crippen LogP contribution in [0.15, 0.2) is 49.3 Å². The van der Waals surface area contributed by atoms with Gasteiger partial charge >= 0.3 is 0 Å². The lowest BCUT2D eigenvalue weighted by Crippen LogP contribution is -2.40. The van der Waals surface area contributed by atoms with Crippen LogP contribution in [0.1, 0.15) is 46.3 Å². The first-order valence-electron chi connectivity index (χ1n) is 9.18. The third kappa shape index (κ3) is 3.86. The summed E-state index contributed by atoms with van der Waals surface area (Å²) in [7, 11) is 0. The van der Waals surface area contributed by atoms with Gasteiger partial charge in [0.2, 0.25) is 0 Å². The third-order valence-corrected chi connectivity index (χ3v) is 4.92. The maximum Gasteiger partial charge on any atom is 0.274 e. The third-order valence-electron chi connectivity index (χ3n) is 4.92. The van der Waals surface area contributed by atoms with Crippen molar-refractivity contribution in [3.63, 3.8) is 0 Å². The quantitative estimate of drug-likeness (QED) is 0.712. The van der Waals surface area contributed by atoms with E-state index >= 15 is 0 Å². The Morgan fingerprint density at radius 1 is 1.15 bits per heavy atom. The van der Waals surface area contributed by atoms with Crippen molar-refractivity contribution < 1.29 is 4.79 Å². The van der Waals surface area contributed by atoms with E-state index in [0.717, 1.165) is 37.4 Å². The standard InChI is InChI=1S/C20H22N6O/c1-15-11-24-18(12-23-15)20(27)26-9-2-3-17(14-26)19-22-8-10-25(19)13-16-4-6-21-7-5-16/h4-8,10-12,17H,2-3,9,13-14H2,1H3/t17-/m1/s1. The van der Waals surface area contributed by atoms with E-state index in [9.17, 15) is 4.79 Å². The first kappa shape index (κ1) is 17.3. The lowest BCUT2D eigenvalue weighted by molar-refractivity contribution is 0.0697. The van der Waals surface area contributed by atoms with Gasteiger partial charge in [0.15, 0.2) is 0 Å². The van der Waals surface area contributed by atoms with Crippen molar-refractivity contribution in [2.75, 3.05) is 13.1 Å². The molecule has 27 heavy (non-hydrogen) atoms. The predicted molar refractivity (Wildman–Crippen MR) is 100 cm³/mol. The molecular weight excluding hydrogens is 340 g/mol. The summed E-state index contributed by atoms with van der Waals surface area (Å²) >= 11 is 0. The molecule has 0 saturated carbocycles. The Hall–Kier alpha value is -3.09. The average molecular weight is 362 g/mol. The number of imidazole rings is 1. The second-order valence-electron chi connectivity index (χ2n) is 6.90. The Labute approximate surface area is 158 Å². The molecule has 3 aromatic rings. The fourth-order valence-electron chi connectivity index (χ4n) is 3.54. The molecule has 0 radical (unpaired) electrons. The summed E-state index contributed by atoms with van der Waals surface area (Å²) in [5, 5.41) is 0. The molecule has 0 spiro atoms. The van der Waals surface area contributed by atoms with Crippen LogP contribution in [-0.2, 0) is 6.54 Å². The van der Waals surface area contributed by atoms with Crippen LogP contribution in [0, 0.1) is 6.92 Å². The van der Waals surface area contributed by atoms with Gasteiger partial charge in [-0.25, -0.2) is 9.97 Å². The fourth-order valence-corrected chi connectivity index (χ4v) is 3.54. The van der Waals surface area contributed by atoms with Crippen LogP contribution < -0.4 is 0 Å². The summed E-state index contributed by atoms with van der Waals surface area (Å²) in [6, 6.07) is 4.02. The molecule has 4 heterocycles. The highest BCUT2D eigenvalue weighted by Crippen LogP contribution is 2.27. The maximum absolute atomic E-state index is 12.8. The lowest BCUT2D eigenvalue weighted by Gasteiger charge is -2.32. The molecule has 1 fully saturated rings.